The van der Waals surface area contributed by atoms with Gasteiger partial charge in [-0.1, -0.05) is 35.5 Å². The van der Waals surface area contributed by atoms with E-state index in [1.807, 2.05) is 36.4 Å². The molecule has 1 aliphatic heterocycles. The van der Waals surface area contributed by atoms with Crippen molar-refractivity contribution in [2.45, 2.75) is 16.7 Å². The quantitative estimate of drug-likeness (QED) is 0.425. The van der Waals surface area contributed by atoms with E-state index in [0.29, 0.717) is 35.1 Å². The number of benzene rings is 3. The van der Waals surface area contributed by atoms with Gasteiger partial charge in [0.2, 0.25) is 5.91 Å². The fraction of sp³-hybridized carbons (Fsp3) is 0.259. The number of rotatable bonds is 8. The standard InChI is InChI=1S/C27H28ClFN4O2S/c1-19(34)31-24-18-20(6-11-26(24)36-22-9-7-21(28)8-10-22)27(35)30-12-13-32-14-16-33(17-15-32)25-5-3-2-4-23(25)29/h2-11,18H,12-17H2,1H3,(H,30,35)(H,31,34). The van der Waals surface area contributed by atoms with E-state index in [0.717, 1.165) is 36.0 Å². The molecule has 2 N–H and O–H groups in total. The third-order valence-corrected chi connectivity index (χ3v) is 7.21. The summed E-state index contributed by atoms with van der Waals surface area (Å²) in [5.74, 6) is -0.607. The molecule has 3 aromatic rings. The van der Waals surface area contributed by atoms with Gasteiger partial charge >= 0.3 is 0 Å². The van der Waals surface area contributed by atoms with Crippen molar-refractivity contribution in [1.82, 2.24) is 10.2 Å². The van der Waals surface area contributed by atoms with Gasteiger partial charge in [-0.25, -0.2) is 4.39 Å². The smallest absolute Gasteiger partial charge is 0.251 e. The van der Waals surface area contributed by atoms with E-state index in [-0.39, 0.29) is 17.6 Å². The van der Waals surface area contributed by atoms with Gasteiger partial charge in [-0.2, -0.15) is 0 Å². The fourth-order valence-corrected chi connectivity index (χ4v) is 5.04. The SMILES string of the molecule is CC(=O)Nc1cc(C(=O)NCCN2CCN(c3ccccc3F)CC2)ccc1Sc1ccc(Cl)cc1. The Balaban J connectivity index is 1.31. The molecule has 36 heavy (non-hydrogen) atoms. The summed E-state index contributed by atoms with van der Waals surface area (Å²) in [5.41, 5.74) is 1.70. The van der Waals surface area contributed by atoms with Gasteiger partial charge in [0.25, 0.3) is 5.91 Å². The van der Waals surface area contributed by atoms with E-state index >= 15 is 0 Å². The molecule has 188 valence electrons. The maximum absolute atomic E-state index is 14.0. The molecular weight excluding hydrogens is 499 g/mol. The fourth-order valence-electron chi connectivity index (χ4n) is 4.03. The number of hydrogen-bond acceptors (Lipinski definition) is 5. The summed E-state index contributed by atoms with van der Waals surface area (Å²) in [4.78, 5) is 30.7. The number of carbonyl (C=O) groups is 2. The van der Waals surface area contributed by atoms with Crippen LogP contribution >= 0.6 is 23.4 Å². The van der Waals surface area contributed by atoms with Crippen molar-refractivity contribution < 1.29 is 14.0 Å². The highest BCUT2D eigenvalue weighted by molar-refractivity contribution is 7.99. The van der Waals surface area contributed by atoms with Gasteiger partial charge < -0.3 is 15.5 Å². The van der Waals surface area contributed by atoms with Crippen molar-refractivity contribution in [1.29, 1.82) is 0 Å². The lowest BCUT2D eigenvalue weighted by Gasteiger charge is -2.36. The molecule has 0 bridgehead atoms. The molecular formula is C27H28ClFN4O2S. The lowest BCUT2D eigenvalue weighted by Crippen LogP contribution is -2.48. The molecule has 0 aliphatic carbocycles. The average molecular weight is 527 g/mol. The van der Waals surface area contributed by atoms with Crippen LogP contribution in [0.1, 0.15) is 17.3 Å². The van der Waals surface area contributed by atoms with Crippen molar-refractivity contribution in [3.05, 3.63) is 83.1 Å². The second-order valence-corrected chi connectivity index (χ2v) is 10.0. The minimum atomic E-state index is -0.208. The van der Waals surface area contributed by atoms with Gasteiger partial charge in [0.15, 0.2) is 0 Å². The van der Waals surface area contributed by atoms with E-state index in [1.54, 1.807) is 24.3 Å². The number of hydrogen-bond donors (Lipinski definition) is 2. The number of nitrogens with zero attached hydrogens (tertiary/aromatic N) is 2. The number of anilines is 2. The van der Waals surface area contributed by atoms with Crippen molar-refractivity contribution in [2.24, 2.45) is 0 Å². The summed E-state index contributed by atoms with van der Waals surface area (Å²) in [6.45, 7) is 5.72. The van der Waals surface area contributed by atoms with Gasteiger partial charge in [0.1, 0.15) is 5.82 Å². The van der Waals surface area contributed by atoms with E-state index in [4.69, 9.17) is 11.6 Å². The molecule has 0 radical (unpaired) electrons. The first-order valence-corrected chi connectivity index (χ1v) is 12.9. The number of halogens is 2. The normalized spacial score (nSPS) is 13.9. The maximum Gasteiger partial charge on any atom is 0.251 e. The van der Waals surface area contributed by atoms with Crippen LogP contribution in [0.3, 0.4) is 0 Å². The number of amides is 2. The number of piperazine rings is 1. The van der Waals surface area contributed by atoms with Crippen molar-refractivity contribution in [3.8, 4) is 0 Å². The Labute approximate surface area is 219 Å². The Morgan fingerprint density at radius 2 is 1.72 bits per heavy atom. The lowest BCUT2D eigenvalue weighted by atomic mass is 10.2. The minimum Gasteiger partial charge on any atom is -0.367 e. The minimum absolute atomic E-state index is 0.199. The van der Waals surface area contributed by atoms with E-state index in [9.17, 15) is 14.0 Å². The number of nitrogens with one attached hydrogen (secondary N) is 2. The highest BCUT2D eigenvalue weighted by Crippen LogP contribution is 2.34. The second kappa shape index (κ2) is 12.3. The van der Waals surface area contributed by atoms with Gasteiger partial charge in [-0.15, -0.1) is 0 Å². The molecule has 2 amide bonds. The topological polar surface area (TPSA) is 64.7 Å². The lowest BCUT2D eigenvalue weighted by molar-refractivity contribution is -0.114. The summed E-state index contributed by atoms with van der Waals surface area (Å²) in [7, 11) is 0. The summed E-state index contributed by atoms with van der Waals surface area (Å²) in [6, 6.07) is 19.5. The molecule has 0 aromatic heterocycles. The average Bonchev–Trinajstić information content (AvgIpc) is 2.87. The maximum atomic E-state index is 14.0. The third kappa shape index (κ3) is 7.00. The summed E-state index contributed by atoms with van der Waals surface area (Å²) in [5, 5.41) is 6.44. The van der Waals surface area contributed by atoms with Crippen LogP contribution in [0.15, 0.2) is 76.5 Å². The Bertz CT molecular complexity index is 1220. The van der Waals surface area contributed by atoms with Crippen LogP contribution in [0.4, 0.5) is 15.8 Å². The van der Waals surface area contributed by atoms with E-state index in [2.05, 4.69) is 20.4 Å². The molecule has 0 spiro atoms. The first-order valence-electron chi connectivity index (χ1n) is 11.7. The van der Waals surface area contributed by atoms with Crippen molar-refractivity contribution in [3.63, 3.8) is 0 Å². The summed E-state index contributed by atoms with van der Waals surface area (Å²) in [6.07, 6.45) is 0. The van der Waals surface area contributed by atoms with Crippen molar-refractivity contribution in [2.75, 3.05) is 49.5 Å². The second-order valence-electron chi connectivity index (χ2n) is 8.48. The molecule has 0 atom stereocenters. The van der Waals surface area contributed by atoms with Crippen LogP contribution < -0.4 is 15.5 Å². The predicted molar refractivity (Wildman–Crippen MR) is 144 cm³/mol. The number of para-hydroxylation sites is 1. The van der Waals surface area contributed by atoms with Crippen LogP contribution in [0, 0.1) is 5.82 Å². The molecule has 1 saturated heterocycles. The molecule has 0 unspecified atom stereocenters. The van der Waals surface area contributed by atoms with Gasteiger partial charge in [-0.05, 0) is 54.6 Å². The largest absolute Gasteiger partial charge is 0.367 e. The zero-order valence-electron chi connectivity index (χ0n) is 20.0. The molecule has 3 aromatic carbocycles. The Morgan fingerprint density at radius 1 is 1.00 bits per heavy atom. The molecule has 4 rings (SSSR count). The van der Waals surface area contributed by atoms with Crippen LogP contribution in [0.25, 0.3) is 0 Å². The van der Waals surface area contributed by atoms with Gasteiger partial charge in [0.05, 0.1) is 11.4 Å². The van der Waals surface area contributed by atoms with E-state index in [1.165, 1.54) is 24.8 Å². The summed E-state index contributed by atoms with van der Waals surface area (Å²) < 4.78 is 14.0. The Morgan fingerprint density at radius 3 is 2.42 bits per heavy atom. The Kier molecular flexibility index (Phi) is 8.85. The number of carbonyl (C=O) groups excluding carboxylic acids is 2. The molecule has 0 saturated carbocycles. The molecule has 9 heteroatoms. The molecule has 1 heterocycles. The highest BCUT2D eigenvalue weighted by Gasteiger charge is 2.19. The van der Waals surface area contributed by atoms with Gasteiger partial charge in [0, 0.05) is 66.6 Å². The van der Waals surface area contributed by atoms with Crippen LogP contribution in [-0.2, 0) is 4.79 Å². The monoisotopic (exact) mass is 526 g/mol. The van der Waals surface area contributed by atoms with Crippen LogP contribution in [0.2, 0.25) is 5.02 Å². The van der Waals surface area contributed by atoms with Crippen LogP contribution in [-0.4, -0.2) is 56.0 Å². The van der Waals surface area contributed by atoms with Gasteiger partial charge in [-0.3, -0.25) is 14.5 Å². The highest BCUT2D eigenvalue weighted by atomic mass is 35.5. The Hall–Kier alpha value is -3.07. The predicted octanol–water partition coefficient (Wildman–Crippen LogP) is 5.14. The zero-order chi connectivity index (χ0) is 25.5. The van der Waals surface area contributed by atoms with E-state index < -0.39 is 0 Å². The molecule has 6 nitrogen and oxygen atoms in total. The zero-order valence-corrected chi connectivity index (χ0v) is 21.5. The summed E-state index contributed by atoms with van der Waals surface area (Å²) >= 11 is 7.45. The third-order valence-electron chi connectivity index (χ3n) is 5.87. The molecule has 1 fully saturated rings. The van der Waals surface area contributed by atoms with Crippen molar-refractivity contribution >= 4 is 46.6 Å². The first-order chi connectivity index (χ1) is 17.4. The molecule has 1 aliphatic rings. The van der Waals surface area contributed by atoms with Crippen LogP contribution in [0.5, 0.6) is 0 Å². The first kappa shape index (κ1) is 26.0.